The number of thioether (sulfide) groups is 1. The average Bonchev–Trinajstić information content (AvgIpc) is 3.16. The van der Waals surface area contributed by atoms with Crippen LogP contribution in [-0.4, -0.2) is 16.8 Å². The molecule has 0 spiro atoms. The van der Waals surface area contributed by atoms with Crippen molar-refractivity contribution in [3.8, 4) is 11.5 Å². The second kappa shape index (κ2) is 10.5. The number of nitrogens with zero attached hydrogens (tertiary/aromatic N) is 1. The van der Waals surface area contributed by atoms with Crippen LogP contribution >= 0.6 is 24.0 Å². The van der Waals surface area contributed by atoms with E-state index in [-0.39, 0.29) is 18.3 Å². The molecule has 4 aromatic rings. The Kier molecular flexibility index (Phi) is 7.02. The highest BCUT2D eigenvalue weighted by Gasteiger charge is 2.34. The summed E-state index contributed by atoms with van der Waals surface area (Å²) in [6.07, 6.45) is 1.82. The SMILES string of the molecule is CCOc1cc(/C=C2/SC(=S)N(c3cccc4ccccc34)C2=O)ccc1OCc1ccc(F)cc1. The number of hydrogen-bond donors (Lipinski definition) is 0. The van der Waals surface area contributed by atoms with Gasteiger partial charge in [0.1, 0.15) is 12.4 Å². The van der Waals surface area contributed by atoms with Gasteiger partial charge in [-0.3, -0.25) is 9.69 Å². The fourth-order valence-corrected chi connectivity index (χ4v) is 5.26. The van der Waals surface area contributed by atoms with Gasteiger partial charge in [0.2, 0.25) is 0 Å². The maximum absolute atomic E-state index is 13.4. The van der Waals surface area contributed by atoms with Crippen molar-refractivity contribution in [2.24, 2.45) is 0 Å². The zero-order valence-electron chi connectivity index (χ0n) is 19.4. The van der Waals surface area contributed by atoms with Gasteiger partial charge in [-0.2, -0.15) is 0 Å². The van der Waals surface area contributed by atoms with Crippen LogP contribution in [-0.2, 0) is 11.4 Å². The first-order valence-electron chi connectivity index (χ1n) is 11.4. The van der Waals surface area contributed by atoms with Gasteiger partial charge in [-0.1, -0.05) is 78.6 Å². The lowest BCUT2D eigenvalue weighted by molar-refractivity contribution is -0.113. The van der Waals surface area contributed by atoms with Gasteiger partial charge in [0, 0.05) is 5.39 Å². The molecule has 0 saturated carbocycles. The van der Waals surface area contributed by atoms with E-state index in [4.69, 9.17) is 21.7 Å². The monoisotopic (exact) mass is 515 g/mol. The van der Waals surface area contributed by atoms with Crippen molar-refractivity contribution in [1.29, 1.82) is 0 Å². The minimum absolute atomic E-state index is 0.157. The molecule has 4 aromatic carbocycles. The topological polar surface area (TPSA) is 38.8 Å². The molecule has 0 radical (unpaired) electrons. The zero-order chi connectivity index (χ0) is 25.1. The summed E-state index contributed by atoms with van der Waals surface area (Å²) in [5.41, 5.74) is 2.42. The summed E-state index contributed by atoms with van der Waals surface area (Å²) in [6, 6.07) is 25.5. The van der Waals surface area contributed by atoms with Gasteiger partial charge in [-0.05, 0) is 59.8 Å². The second-order valence-electron chi connectivity index (χ2n) is 8.07. The van der Waals surface area contributed by atoms with Crippen molar-refractivity contribution in [1.82, 2.24) is 0 Å². The van der Waals surface area contributed by atoms with E-state index >= 15 is 0 Å². The van der Waals surface area contributed by atoms with Gasteiger partial charge in [0.15, 0.2) is 15.8 Å². The van der Waals surface area contributed by atoms with E-state index in [2.05, 4.69) is 0 Å². The molecule has 5 rings (SSSR count). The van der Waals surface area contributed by atoms with Crippen LogP contribution in [0.25, 0.3) is 16.8 Å². The maximum atomic E-state index is 13.4. The Labute approximate surface area is 218 Å². The van der Waals surface area contributed by atoms with E-state index in [1.807, 2.05) is 73.7 Å². The third-order valence-electron chi connectivity index (χ3n) is 5.67. The molecule has 4 nitrogen and oxygen atoms in total. The van der Waals surface area contributed by atoms with E-state index in [0.29, 0.717) is 27.3 Å². The Morgan fingerprint density at radius 3 is 2.53 bits per heavy atom. The summed E-state index contributed by atoms with van der Waals surface area (Å²) < 4.78 is 25.4. The number of ether oxygens (including phenoxy) is 2. The van der Waals surface area contributed by atoms with Crippen LogP contribution in [0, 0.1) is 5.82 Å². The molecule has 1 fully saturated rings. The lowest BCUT2D eigenvalue weighted by atomic mass is 10.1. The molecular formula is C29H22FNO3S2. The number of hydrogen-bond acceptors (Lipinski definition) is 5. The molecule has 36 heavy (non-hydrogen) atoms. The fourth-order valence-electron chi connectivity index (χ4n) is 3.97. The third-order valence-corrected chi connectivity index (χ3v) is 6.98. The number of benzene rings is 4. The first-order valence-corrected chi connectivity index (χ1v) is 12.7. The number of halogens is 1. The molecule has 0 aliphatic carbocycles. The van der Waals surface area contributed by atoms with Gasteiger partial charge in [0.05, 0.1) is 17.2 Å². The summed E-state index contributed by atoms with van der Waals surface area (Å²) in [5, 5.41) is 2.02. The molecule has 0 N–H and O–H groups in total. The standard InChI is InChI=1S/C29H22FNO3S2/c1-2-33-26-16-20(12-15-25(26)34-18-19-10-13-22(30)14-11-19)17-27-28(32)31(29(35)36-27)24-9-5-7-21-6-3-4-8-23(21)24/h3-17H,2,18H2,1H3/b27-17+. The van der Waals surface area contributed by atoms with Crippen molar-refractivity contribution >= 4 is 56.7 Å². The molecule has 0 atom stereocenters. The predicted molar refractivity (Wildman–Crippen MR) is 148 cm³/mol. The van der Waals surface area contributed by atoms with E-state index < -0.39 is 0 Å². The highest BCUT2D eigenvalue weighted by Crippen LogP contribution is 2.39. The van der Waals surface area contributed by atoms with Gasteiger partial charge in [-0.25, -0.2) is 4.39 Å². The zero-order valence-corrected chi connectivity index (χ0v) is 21.1. The number of anilines is 1. The molecule has 0 bridgehead atoms. The lowest BCUT2D eigenvalue weighted by Crippen LogP contribution is -2.27. The fraction of sp³-hybridized carbons (Fsp3) is 0.103. The third kappa shape index (κ3) is 4.98. The number of rotatable bonds is 7. The number of fused-ring (bicyclic) bond motifs is 1. The van der Waals surface area contributed by atoms with Gasteiger partial charge in [0.25, 0.3) is 5.91 Å². The molecule has 0 aromatic heterocycles. The molecule has 1 heterocycles. The van der Waals surface area contributed by atoms with Crippen LogP contribution in [0.15, 0.2) is 89.8 Å². The summed E-state index contributed by atoms with van der Waals surface area (Å²) in [7, 11) is 0. The Balaban J connectivity index is 1.40. The highest BCUT2D eigenvalue weighted by atomic mass is 32.2. The van der Waals surface area contributed by atoms with Crippen LogP contribution in [0.4, 0.5) is 10.1 Å². The first-order chi connectivity index (χ1) is 17.5. The molecule has 7 heteroatoms. The summed E-state index contributed by atoms with van der Waals surface area (Å²) >= 11 is 6.87. The van der Waals surface area contributed by atoms with E-state index in [1.54, 1.807) is 17.0 Å². The van der Waals surface area contributed by atoms with Crippen molar-refractivity contribution in [3.63, 3.8) is 0 Å². The summed E-state index contributed by atoms with van der Waals surface area (Å²) in [4.78, 5) is 15.5. The maximum Gasteiger partial charge on any atom is 0.270 e. The van der Waals surface area contributed by atoms with Gasteiger partial charge >= 0.3 is 0 Å². The number of amides is 1. The van der Waals surface area contributed by atoms with Crippen molar-refractivity contribution in [2.75, 3.05) is 11.5 Å². The Morgan fingerprint density at radius 2 is 1.72 bits per heavy atom. The van der Waals surface area contributed by atoms with E-state index in [9.17, 15) is 9.18 Å². The summed E-state index contributed by atoms with van der Waals surface area (Å²) in [5.74, 6) is 0.694. The Hall–Kier alpha value is -3.68. The number of carbonyl (C=O) groups excluding carboxylic acids is 1. The molecule has 1 saturated heterocycles. The average molecular weight is 516 g/mol. The molecule has 1 aliphatic heterocycles. The highest BCUT2D eigenvalue weighted by molar-refractivity contribution is 8.27. The van der Waals surface area contributed by atoms with Crippen LogP contribution < -0.4 is 14.4 Å². The largest absolute Gasteiger partial charge is 0.490 e. The van der Waals surface area contributed by atoms with Crippen LogP contribution in [0.2, 0.25) is 0 Å². The van der Waals surface area contributed by atoms with Gasteiger partial charge < -0.3 is 9.47 Å². The molecule has 180 valence electrons. The quantitative estimate of drug-likeness (QED) is 0.190. The summed E-state index contributed by atoms with van der Waals surface area (Å²) in [6.45, 7) is 2.63. The minimum atomic E-state index is -0.288. The van der Waals surface area contributed by atoms with Crippen LogP contribution in [0.5, 0.6) is 11.5 Å². The Morgan fingerprint density at radius 1 is 0.944 bits per heavy atom. The number of thiocarbonyl (C=S) groups is 1. The van der Waals surface area contributed by atoms with E-state index in [1.165, 1.54) is 23.9 Å². The lowest BCUT2D eigenvalue weighted by Gasteiger charge is -2.17. The Bertz CT molecular complexity index is 1480. The van der Waals surface area contributed by atoms with Crippen molar-refractivity contribution in [2.45, 2.75) is 13.5 Å². The smallest absolute Gasteiger partial charge is 0.270 e. The van der Waals surface area contributed by atoms with Crippen LogP contribution in [0.3, 0.4) is 0 Å². The second-order valence-corrected chi connectivity index (χ2v) is 9.75. The van der Waals surface area contributed by atoms with Crippen molar-refractivity contribution in [3.05, 3.63) is 107 Å². The molecule has 1 aliphatic rings. The van der Waals surface area contributed by atoms with Crippen molar-refractivity contribution < 1.29 is 18.7 Å². The predicted octanol–water partition coefficient (Wildman–Crippen LogP) is 7.36. The molecule has 1 amide bonds. The van der Waals surface area contributed by atoms with Gasteiger partial charge in [-0.15, -0.1) is 0 Å². The molecule has 0 unspecified atom stereocenters. The first kappa shape index (κ1) is 24.0. The molecular weight excluding hydrogens is 493 g/mol. The van der Waals surface area contributed by atoms with E-state index in [0.717, 1.165) is 27.6 Å². The normalized spacial score (nSPS) is 14.6. The number of carbonyl (C=O) groups is 1. The minimum Gasteiger partial charge on any atom is -0.490 e. The van der Waals surface area contributed by atoms with Crippen LogP contribution in [0.1, 0.15) is 18.1 Å².